The van der Waals surface area contributed by atoms with Gasteiger partial charge < -0.3 is 4.52 Å². The molecule has 0 aliphatic carbocycles. The van der Waals surface area contributed by atoms with Crippen molar-refractivity contribution in [3.05, 3.63) is 89.1 Å². The van der Waals surface area contributed by atoms with Crippen LogP contribution in [0.3, 0.4) is 0 Å². The number of benzene rings is 2. The second-order valence-electron chi connectivity index (χ2n) is 5.71. The van der Waals surface area contributed by atoms with E-state index in [0.29, 0.717) is 6.54 Å². The minimum atomic E-state index is -0.227. The Morgan fingerprint density at radius 1 is 1.04 bits per heavy atom. The van der Waals surface area contributed by atoms with Crippen LogP contribution in [0, 0.1) is 12.7 Å². The Kier molecular flexibility index (Phi) is 4.53. The minimum Gasteiger partial charge on any atom is -0.361 e. The van der Waals surface area contributed by atoms with Crippen LogP contribution in [0.1, 0.15) is 28.6 Å². The van der Waals surface area contributed by atoms with Crippen molar-refractivity contribution in [1.82, 2.24) is 10.1 Å². The van der Waals surface area contributed by atoms with E-state index in [-0.39, 0.29) is 11.9 Å². The fraction of sp³-hybridized carbons (Fsp3) is 0.211. The topological polar surface area (TPSA) is 29.3 Å². The molecule has 3 nitrogen and oxygen atoms in total. The van der Waals surface area contributed by atoms with E-state index in [1.165, 1.54) is 12.1 Å². The first-order chi connectivity index (χ1) is 11.1. The van der Waals surface area contributed by atoms with Crippen molar-refractivity contribution in [3.8, 4) is 0 Å². The predicted octanol–water partition coefficient (Wildman–Crippen LogP) is 4.34. The maximum Gasteiger partial charge on any atom is 0.133 e. The normalized spacial score (nSPS) is 12.5. The zero-order valence-electron chi connectivity index (χ0n) is 13.2. The molecule has 0 amide bonds. The Labute approximate surface area is 135 Å². The van der Waals surface area contributed by atoms with E-state index in [2.05, 4.69) is 22.2 Å². The van der Waals surface area contributed by atoms with Crippen LogP contribution in [-0.4, -0.2) is 17.1 Å². The molecule has 0 aliphatic rings. The second kappa shape index (κ2) is 6.75. The fourth-order valence-corrected chi connectivity index (χ4v) is 2.82. The van der Waals surface area contributed by atoms with E-state index in [9.17, 15) is 4.39 Å². The van der Waals surface area contributed by atoms with Crippen molar-refractivity contribution in [3.63, 3.8) is 0 Å². The molecule has 118 valence electrons. The summed E-state index contributed by atoms with van der Waals surface area (Å²) in [6.45, 7) is 2.53. The van der Waals surface area contributed by atoms with Gasteiger partial charge >= 0.3 is 0 Å². The Morgan fingerprint density at radius 2 is 1.70 bits per heavy atom. The van der Waals surface area contributed by atoms with Crippen molar-refractivity contribution in [2.75, 3.05) is 7.05 Å². The highest BCUT2D eigenvalue weighted by atomic mass is 19.1. The van der Waals surface area contributed by atoms with E-state index in [4.69, 9.17) is 4.52 Å². The third kappa shape index (κ3) is 3.66. The zero-order valence-corrected chi connectivity index (χ0v) is 13.2. The Bertz CT molecular complexity index is 753. The molecule has 0 radical (unpaired) electrons. The molecule has 3 aromatic rings. The Hall–Kier alpha value is -2.46. The van der Waals surface area contributed by atoms with Gasteiger partial charge in [0.05, 0.1) is 11.7 Å². The molecule has 0 saturated carbocycles. The predicted molar refractivity (Wildman–Crippen MR) is 87.4 cm³/mol. The highest BCUT2D eigenvalue weighted by Gasteiger charge is 2.20. The van der Waals surface area contributed by atoms with Crippen molar-refractivity contribution < 1.29 is 8.91 Å². The molecule has 1 atom stereocenters. The summed E-state index contributed by atoms with van der Waals surface area (Å²) in [4.78, 5) is 2.18. The highest BCUT2D eigenvalue weighted by molar-refractivity contribution is 5.32. The number of hydrogen-bond donors (Lipinski definition) is 0. The standard InChI is InChI=1S/C19H19FN2O/c1-14-12-18(21-23-14)13-22(2)19(15-6-4-3-5-7-15)16-8-10-17(20)11-9-16/h3-12,19H,13H2,1-2H3. The molecule has 0 saturated heterocycles. The van der Waals surface area contributed by atoms with Crippen LogP contribution in [0.4, 0.5) is 4.39 Å². The lowest BCUT2D eigenvalue weighted by Gasteiger charge is -2.28. The first-order valence-corrected chi connectivity index (χ1v) is 7.56. The SMILES string of the molecule is Cc1cc(CN(C)C(c2ccccc2)c2ccc(F)cc2)no1. The highest BCUT2D eigenvalue weighted by Crippen LogP contribution is 2.28. The third-order valence-electron chi connectivity index (χ3n) is 3.83. The molecule has 0 fully saturated rings. The average Bonchev–Trinajstić information content (AvgIpc) is 2.95. The average molecular weight is 310 g/mol. The largest absolute Gasteiger partial charge is 0.361 e. The van der Waals surface area contributed by atoms with Crippen LogP contribution in [0.2, 0.25) is 0 Å². The molecule has 2 aromatic carbocycles. The number of nitrogens with zero attached hydrogens (tertiary/aromatic N) is 2. The van der Waals surface area contributed by atoms with E-state index in [1.807, 2.05) is 50.4 Å². The van der Waals surface area contributed by atoms with E-state index in [0.717, 1.165) is 22.6 Å². The lowest BCUT2D eigenvalue weighted by Crippen LogP contribution is -2.25. The summed E-state index contributed by atoms with van der Waals surface area (Å²) >= 11 is 0. The van der Waals surface area contributed by atoms with Gasteiger partial charge in [-0.3, -0.25) is 4.90 Å². The second-order valence-corrected chi connectivity index (χ2v) is 5.71. The Morgan fingerprint density at radius 3 is 2.30 bits per heavy atom. The third-order valence-corrected chi connectivity index (χ3v) is 3.83. The van der Waals surface area contributed by atoms with Gasteiger partial charge in [0.1, 0.15) is 11.6 Å². The molecule has 0 bridgehead atoms. The van der Waals surface area contributed by atoms with Gasteiger partial charge in [0, 0.05) is 12.6 Å². The van der Waals surface area contributed by atoms with Gasteiger partial charge in [0.25, 0.3) is 0 Å². The van der Waals surface area contributed by atoms with Gasteiger partial charge in [0.2, 0.25) is 0 Å². The molecule has 23 heavy (non-hydrogen) atoms. The molecule has 1 heterocycles. The number of aryl methyl sites for hydroxylation is 1. The summed E-state index contributed by atoms with van der Waals surface area (Å²) in [6.07, 6.45) is 0. The van der Waals surface area contributed by atoms with Crippen LogP contribution in [0.25, 0.3) is 0 Å². The van der Waals surface area contributed by atoms with Gasteiger partial charge in [-0.25, -0.2) is 4.39 Å². The first-order valence-electron chi connectivity index (χ1n) is 7.56. The fourth-order valence-electron chi connectivity index (χ4n) is 2.82. The summed E-state index contributed by atoms with van der Waals surface area (Å²) < 4.78 is 18.4. The summed E-state index contributed by atoms with van der Waals surface area (Å²) in [5.41, 5.74) is 3.08. The molecule has 0 spiro atoms. The van der Waals surface area contributed by atoms with Gasteiger partial charge in [-0.05, 0) is 37.2 Å². The van der Waals surface area contributed by atoms with E-state index in [1.54, 1.807) is 0 Å². The van der Waals surface area contributed by atoms with Gasteiger partial charge in [0.15, 0.2) is 0 Å². The van der Waals surface area contributed by atoms with Crippen LogP contribution in [0.15, 0.2) is 65.2 Å². The lowest BCUT2D eigenvalue weighted by atomic mass is 9.97. The summed E-state index contributed by atoms with van der Waals surface area (Å²) in [6, 6.07) is 18.8. The molecule has 0 aliphatic heterocycles. The van der Waals surface area contributed by atoms with E-state index < -0.39 is 0 Å². The minimum absolute atomic E-state index is 0.0220. The van der Waals surface area contributed by atoms with Crippen LogP contribution >= 0.6 is 0 Å². The summed E-state index contributed by atoms with van der Waals surface area (Å²) in [5.74, 6) is 0.571. The molecule has 1 unspecified atom stereocenters. The van der Waals surface area contributed by atoms with Crippen LogP contribution in [-0.2, 0) is 6.54 Å². The molecular weight excluding hydrogens is 291 g/mol. The zero-order chi connectivity index (χ0) is 16.2. The van der Waals surface area contributed by atoms with Crippen molar-refractivity contribution in [2.24, 2.45) is 0 Å². The molecule has 3 rings (SSSR count). The van der Waals surface area contributed by atoms with Crippen molar-refractivity contribution in [2.45, 2.75) is 19.5 Å². The smallest absolute Gasteiger partial charge is 0.133 e. The number of halogens is 1. The molecular formula is C19H19FN2O. The van der Waals surface area contributed by atoms with Crippen molar-refractivity contribution in [1.29, 1.82) is 0 Å². The monoisotopic (exact) mass is 310 g/mol. The maximum absolute atomic E-state index is 13.3. The lowest BCUT2D eigenvalue weighted by molar-refractivity contribution is 0.260. The number of rotatable bonds is 5. The number of hydrogen-bond acceptors (Lipinski definition) is 3. The summed E-state index contributed by atoms with van der Waals surface area (Å²) in [5, 5.41) is 4.06. The molecule has 1 aromatic heterocycles. The maximum atomic E-state index is 13.3. The van der Waals surface area contributed by atoms with Gasteiger partial charge in [-0.15, -0.1) is 0 Å². The van der Waals surface area contributed by atoms with Crippen molar-refractivity contribution >= 4 is 0 Å². The van der Waals surface area contributed by atoms with Gasteiger partial charge in [-0.1, -0.05) is 47.6 Å². The first kappa shape index (κ1) is 15.4. The van der Waals surface area contributed by atoms with Crippen LogP contribution in [0.5, 0.6) is 0 Å². The van der Waals surface area contributed by atoms with Gasteiger partial charge in [-0.2, -0.15) is 0 Å². The summed E-state index contributed by atoms with van der Waals surface area (Å²) in [7, 11) is 2.03. The number of aromatic nitrogens is 1. The quantitative estimate of drug-likeness (QED) is 0.702. The van der Waals surface area contributed by atoms with E-state index >= 15 is 0 Å². The molecule has 0 N–H and O–H groups in total. The van der Waals surface area contributed by atoms with Crippen LogP contribution < -0.4 is 0 Å². The Balaban J connectivity index is 1.92. The molecule has 4 heteroatoms.